The second-order valence-electron chi connectivity index (χ2n) is 10.6. The molecule has 0 bridgehead atoms. The van der Waals surface area contributed by atoms with Gasteiger partial charge in [-0.2, -0.15) is 5.10 Å². The number of carbonyl (C=O) groups is 1. The molecule has 4 N–H and O–H groups in total. The number of aromatic nitrogens is 7. The van der Waals surface area contributed by atoms with Crippen LogP contribution in [-0.2, 0) is 16.6 Å². The number of nitrogens with zero attached hydrogens (tertiary/aromatic N) is 5. The summed E-state index contributed by atoms with van der Waals surface area (Å²) in [5, 5.41) is 9.86. The third-order valence-corrected chi connectivity index (χ3v) is 7.93. The second kappa shape index (κ2) is 11.8. The number of nitrogens with one attached hydrogen (secondary N) is 4. The lowest BCUT2D eigenvalue weighted by Crippen LogP contribution is -2.21. The first kappa shape index (κ1) is 29.8. The van der Waals surface area contributed by atoms with Crippen LogP contribution in [0.1, 0.15) is 15.9 Å². The van der Waals surface area contributed by atoms with Crippen LogP contribution in [0.25, 0.3) is 56.0 Å². The summed E-state index contributed by atoms with van der Waals surface area (Å²) in [6, 6.07) is 16.0. The number of rotatable bonds is 8. The smallest absolute Gasteiger partial charge is 0.255 e. The predicted octanol–water partition coefficient (Wildman–Crippen LogP) is 5.20. The number of amides is 1. The summed E-state index contributed by atoms with van der Waals surface area (Å²) in [7, 11) is -3.50. The fourth-order valence-electron chi connectivity index (χ4n) is 5.14. The Morgan fingerprint density at radius 3 is 2.57 bits per heavy atom. The molecule has 5 heterocycles. The first-order valence-corrected chi connectivity index (χ1v) is 16.0. The first-order valence-electron chi connectivity index (χ1n) is 14.1. The number of halogens is 2. The maximum absolute atomic E-state index is 16.3. The summed E-state index contributed by atoms with van der Waals surface area (Å²) in [6.07, 6.45) is 6.79. The molecule has 5 aromatic heterocycles. The zero-order chi connectivity index (χ0) is 32.7. The number of imidazole rings is 1. The highest BCUT2D eigenvalue weighted by molar-refractivity contribution is 7.88. The standard InChI is InChI=1S/C32H23F2N9O3S/c1-47(45,46)38-13-17-9-19(11-21(33)10-17)27-28-24(7-8-36-27)40-31(41-28)29-25-26(34)23(16-37-30(25)43-42-29)20-12-22(15-35-14-20)39-32(44)18-5-3-2-4-6-18/h2-12,14-16,38H,13H2,1H3,(H,39,44)(H,40,41)(H,37,42,43). The zero-order valence-electron chi connectivity index (χ0n) is 24.4. The molecule has 1 amide bonds. The molecule has 12 nitrogen and oxygen atoms in total. The van der Waals surface area contributed by atoms with Gasteiger partial charge >= 0.3 is 0 Å². The van der Waals surface area contributed by atoms with E-state index in [-0.39, 0.29) is 40.6 Å². The maximum Gasteiger partial charge on any atom is 0.255 e. The molecule has 0 aliphatic carbocycles. The lowest BCUT2D eigenvalue weighted by atomic mass is 10.1. The van der Waals surface area contributed by atoms with E-state index in [1.807, 2.05) is 0 Å². The molecule has 0 atom stereocenters. The summed E-state index contributed by atoms with van der Waals surface area (Å²) >= 11 is 0. The molecule has 47 heavy (non-hydrogen) atoms. The molecular weight excluding hydrogens is 628 g/mol. The minimum atomic E-state index is -3.50. The van der Waals surface area contributed by atoms with Crippen molar-refractivity contribution in [3.8, 4) is 33.9 Å². The number of hydrogen-bond acceptors (Lipinski definition) is 8. The lowest BCUT2D eigenvalue weighted by Gasteiger charge is -2.08. The minimum absolute atomic E-state index is 0.0645. The van der Waals surface area contributed by atoms with E-state index in [0.717, 1.165) is 6.26 Å². The van der Waals surface area contributed by atoms with Crippen molar-refractivity contribution in [3.05, 3.63) is 108 Å². The van der Waals surface area contributed by atoms with Gasteiger partial charge < -0.3 is 10.3 Å². The quantitative estimate of drug-likeness (QED) is 0.174. The number of H-pyrrole nitrogens is 2. The van der Waals surface area contributed by atoms with Gasteiger partial charge in [0.1, 0.15) is 22.8 Å². The van der Waals surface area contributed by atoms with Crippen molar-refractivity contribution in [2.45, 2.75) is 6.54 Å². The molecule has 15 heteroatoms. The van der Waals surface area contributed by atoms with Crippen molar-refractivity contribution >= 4 is 43.7 Å². The Bertz CT molecular complexity index is 2430. The summed E-state index contributed by atoms with van der Waals surface area (Å²) in [5.74, 6) is -1.36. The van der Waals surface area contributed by atoms with Crippen LogP contribution in [0.3, 0.4) is 0 Å². The molecule has 0 aliphatic heterocycles. The molecule has 0 fully saturated rings. The average Bonchev–Trinajstić information content (AvgIpc) is 3.69. The average molecular weight is 652 g/mol. The van der Waals surface area contributed by atoms with E-state index in [4.69, 9.17) is 0 Å². The number of fused-ring (bicyclic) bond motifs is 2. The van der Waals surface area contributed by atoms with E-state index in [1.54, 1.807) is 48.5 Å². The van der Waals surface area contributed by atoms with Crippen molar-refractivity contribution in [1.82, 2.24) is 39.8 Å². The Morgan fingerprint density at radius 2 is 1.77 bits per heavy atom. The number of pyridine rings is 3. The third kappa shape index (κ3) is 6.04. The molecule has 2 aromatic carbocycles. The van der Waals surface area contributed by atoms with Gasteiger partial charge in [-0.25, -0.2) is 31.9 Å². The highest BCUT2D eigenvalue weighted by Crippen LogP contribution is 2.34. The number of hydrogen-bond donors (Lipinski definition) is 4. The van der Waals surface area contributed by atoms with E-state index in [9.17, 15) is 17.6 Å². The largest absolute Gasteiger partial charge is 0.336 e. The van der Waals surface area contributed by atoms with Gasteiger partial charge in [0, 0.05) is 47.4 Å². The predicted molar refractivity (Wildman–Crippen MR) is 171 cm³/mol. The van der Waals surface area contributed by atoms with Crippen LogP contribution in [0.4, 0.5) is 14.5 Å². The van der Waals surface area contributed by atoms with Crippen molar-refractivity contribution in [1.29, 1.82) is 0 Å². The number of benzene rings is 2. The molecule has 0 saturated heterocycles. The van der Waals surface area contributed by atoms with Crippen LogP contribution in [0.15, 0.2) is 85.5 Å². The molecular formula is C32H23F2N9O3S. The van der Waals surface area contributed by atoms with E-state index >= 15 is 4.39 Å². The Hall–Kier alpha value is -5.93. The number of carbonyl (C=O) groups excluding carboxylic acids is 1. The fraction of sp³-hybridized carbons (Fsp3) is 0.0625. The van der Waals surface area contributed by atoms with Gasteiger partial charge in [0.25, 0.3) is 5.91 Å². The Morgan fingerprint density at radius 1 is 0.936 bits per heavy atom. The topological polar surface area (TPSA) is 171 Å². The molecule has 7 rings (SSSR count). The Kier molecular flexibility index (Phi) is 7.46. The van der Waals surface area contributed by atoms with Gasteiger partial charge in [-0.15, -0.1) is 0 Å². The lowest BCUT2D eigenvalue weighted by molar-refractivity contribution is 0.102. The molecule has 0 spiro atoms. The van der Waals surface area contributed by atoms with Crippen LogP contribution >= 0.6 is 0 Å². The van der Waals surface area contributed by atoms with Crippen LogP contribution in [0, 0.1) is 11.6 Å². The molecule has 234 valence electrons. The summed E-state index contributed by atoms with van der Waals surface area (Å²) < 4.78 is 56.4. The SMILES string of the molecule is CS(=O)(=O)NCc1cc(F)cc(-c2nccc3[nH]c(-c4n[nH]c5ncc(-c6cncc(NC(=O)c7ccccc7)c6)c(F)c45)nc23)c1. The normalized spacial score (nSPS) is 11.7. The first-order chi connectivity index (χ1) is 22.6. The zero-order valence-corrected chi connectivity index (χ0v) is 25.2. The Balaban J connectivity index is 1.25. The summed E-state index contributed by atoms with van der Waals surface area (Å²) in [5.41, 5.74) is 3.61. The molecule has 7 aromatic rings. The van der Waals surface area contributed by atoms with Crippen LogP contribution in [0.2, 0.25) is 0 Å². The van der Waals surface area contributed by atoms with Gasteiger partial charge in [-0.1, -0.05) is 18.2 Å². The van der Waals surface area contributed by atoms with Crippen LogP contribution in [-0.4, -0.2) is 55.7 Å². The summed E-state index contributed by atoms with van der Waals surface area (Å²) in [6.45, 7) is -0.114. The van der Waals surface area contributed by atoms with Crippen molar-refractivity contribution in [3.63, 3.8) is 0 Å². The van der Waals surface area contributed by atoms with Crippen molar-refractivity contribution in [2.75, 3.05) is 11.6 Å². The van der Waals surface area contributed by atoms with E-state index in [1.165, 1.54) is 36.9 Å². The Labute approximate surface area is 265 Å². The van der Waals surface area contributed by atoms with E-state index in [0.29, 0.717) is 44.7 Å². The van der Waals surface area contributed by atoms with Crippen LogP contribution < -0.4 is 10.0 Å². The van der Waals surface area contributed by atoms with Gasteiger partial charge in [0.2, 0.25) is 10.0 Å². The third-order valence-electron chi connectivity index (χ3n) is 7.26. The second-order valence-corrected chi connectivity index (χ2v) is 12.5. The highest BCUT2D eigenvalue weighted by atomic mass is 32.2. The number of anilines is 1. The highest BCUT2D eigenvalue weighted by Gasteiger charge is 2.22. The van der Waals surface area contributed by atoms with Crippen molar-refractivity contribution < 1.29 is 22.0 Å². The van der Waals surface area contributed by atoms with Gasteiger partial charge in [0.05, 0.1) is 34.7 Å². The number of sulfonamides is 1. The van der Waals surface area contributed by atoms with E-state index in [2.05, 4.69) is 45.2 Å². The molecule has 0 radical (unpaired) electrons. The molecule has 0 unspecified atom stereocenters. The summed E-state index contributed by atoms with van der Waals surface area (Å²) in [4.78, 5) is 33.4. The molecule has 0 saturated carbocycles. The number of aromatic amines is 2. The van der Waals surface area contributed by atoms with Gasteiger partial charge in [-0.3, -0.25) is 19.9 Å². The van der Waals surface area contributed by atoms with E-state index < -0.39 is 21.7 Å². The van der Waals surface area contributed by atoms with Gasteiger partial charge in [0.15, 0.2) is 11.5 Å². The van der Waals surface area contributed by atoms with Gasteiger partial charge in [-0.05, 0) is 48.0 Å². The fourth-order valence-corrected chi connectivity index (χ4v) is 5.57. The minimum Gasteiger partial charge on any atom is -0.336 e. The maximum atomic E-state index is 16.3. The molecule has 0 aliphatic rings. The van der Waals surface area contributed by atoms with Crippen molar-refractivity contribution in [2.24, 2.45) is 0 Å². The van der Waals surface area contributed by atoms with Crippen LogP contribution in [0.5, 0.6) is 0 Å². The monoisotopic (exact) mass is 651 g/mol.